The Hall–Kier alpha value is -3.33. The second kappa shape index (κ2) is 8.43. The number of rotatable bonds is 5. The van der Waals surface area contributed by atoms with E-state index in [1.807, 2.05) is 18.2 Å². The van der Waals surface area contributed by atoms with Crippen molar-refractivity contribution in [2.24, 2.45) is 0 Å². The number of halogens is 1. The lowest BCUT2D eigenvalue weighted by Gasteiger charge is -2.36. The van der Waals surface area contributed by atoms with Gasteiger partial charge in [-0.3, -0.25) is 4.79 Å². The largest absolute Gasteiger partial charge is 0.454 e. The number of benzene rings is 2. The molecule has 9 heteroatoms. The molecule has 7 nitrogen and oxygen atoms in total. The molecule has 2 aliphatic heterocycles. The second-order valence-corrected chi connectivity index (χ2v) is 8.17. The summed E-state index contributed by atoms with van der Waals surface area (Å²) in [5, 5.41) is 5.54. The van der Waals surface area contributed by atoms with Crippen LogP contribution in [0.3, 0.4) is 0 Å². The van der Waals surface area contributed by atoms with Gasteiger partial charge < -0.3 is 24.6 Å². The molecule has 2 aliphatic rings. The molecule has 1 N–H and O–H groups in total. The first-order valence-electron chi connectivity index (χ1n) is 10.0. The minimum absolute atomic E-state index is 0.204. The van der Waals surface area contributed by atoms with Crippen molar-refractivity contribution in [1.82, 2.24) is 10.3 Å². The Balaban J connectivity index is 1.15. The van der Waals surface area contributed by atoms with Gasteiger partial charge in [-0.25, -0.2) is 9.37 Å². The zero-order chi connectivity index (χ0) is 21.2. The fourth-order valence-electron chi connectivity index (χ4n) is 3.65. The molecule has 0 bridgehead atoms. The van der Waals surface area contributed by atoms with Gasteiger partial charge in [-0.2, -0.15) is 0 Å². The van der Waals surface area contributed by atoms with E-state index in [1.165, 1.54) is 23.5 Å². The topological polar surface area (TPSA) is 66.9 Å². The molecule has 2 aromatic carbocycles. The highest BCUT2D eigenvalue weighted by Gasteiger charge is 2.21. The molecule has 1 fully saturated rings. The first kappa shape index (κ1) is 19.6. The average Bonchev–Trinajstić information content (AvgIpc) is 3.48. The summed E-state index contributed by atoms with van der Waals surface area (Å²) in [6, 6.07) is 12.2. The molecule has 3 heterocycles. The van der Waals surface area contributed by atoms with Crippen LogP contribution in [0, 0.1) is 5.82 Å². The predicted molar refractivity (Wildman–Crippen MR) is 117 cm³/mol. The zero-order valence-electron chi connectivity index (χ0n) is 16.7. The van der Waals surface area contributed by atoms with Gasteiger partial charge >= 0.3 is 0 Å². The van der Waals surface area contributed by atoms with Crippen molar-refractivity contribution in [2.75, 3.05) is 42.8 Å². The molecule has 1 amide bonds. The summed E-state index contributed by atoms with van der Waals surface area (Å²) in [5.41, 5.74) is 2.37. The number of thiazole rings is 1. The number of amides is 1. The summed E-state index contributed by atoms with van der Waals surface area (Å²) in [7, 11) is 0. The number of nitrogens with one attached hydrogen (secondary N) is 1. The number of aromatic nitrogens is 1. The fraction of sp³-hybridized carbons (Fsp3) is 0.273. The highest BCUT2D eigenvalue weighted by molar-refractivity contribution is 7.13. The monoisotopic (exact) mass is 440 g/mol. The summed E-state index contributed by atoms with van der Waals surface area (Å²) in [5.74, 6) is 0.987. The number of piperazine rings is 1. The minimum Gasteiger partial charge on any atom is -0.454 e. The standard InChI is InChI=1S/C22H21FN4O3S/c23-16-2-4-17(5-3-16)26-7-9-27(10-8-26)22-25-18(13-31-22)21(28)24-12-15-1-6-19-20(11-15)30-14-29-19/h1-6,11,13H,7-10,12,14H2,(H,24,28). The quantitative estimate of drug-likeness (QED) is 0.657. The fourth-order valence-corrected chi connectivity index (χ4v) is 4.50. The summed E-state index contributed by atoms with van der Waals surface area (Å²) >= 11 is 1.47. The zero-order valence-corrected chi connectivity index (χ0v) is 17.5. The Bertz CT molecular complexity index is 1080. The van der Waals surface area contributed by atoms with Crippen LogP contribution in [-0.2, 0) is 6.54 Å². The summed E-state index contributed by atoms with van der Waals surface area (Å²) < 4.78 is 23.8. The van der Waals surface area contributed by atoms with E-state index in [1.54, 1.807) is 17.5 Å². The number of carbonyl (C=O) groups is 1. The van der Waals surface area contributed by atoms with Crippen molar-refractivity contribution in [3.63, 3.8) is 0 Å². The Kier molecular flexibility index (Phi) is 5.33. The average molecular weight is 441 g/mol. The molecule has 0 atom stereocenters. The van der Waals surface area contributed by atoms with Crippen LogP contribution in [-0.4, -0.2) is 43.9 Å². The number of anilines is 2. The Morgan fingerprint density at radius 2 is 1.77 bits per heavy atom. The van der Waals surface area contributed by atoms with Gasteiger partial charge in [0.25, 0.3) is 5.91 Å². The lowest BCUT2D eigenvalue weighted by atomic mass is 10.2. The molecular formula is C22H21FN4O3S. The van der Waals surface area contributed by atoms with Gasteiger partial charge in [0.15, 0.2) is 16.6 Å². The van der Waals surface area contributed by atoms with Gasteiger partial charge in [0.1, 0.15) is 11.5 Å². The van der Waals surface area contributed by atoms with Crippen molar-refractivity contribution < 1.29 is 18.7 Å². The van der Waals surface area contributed by atoms with Crippen LogP contribution in [0.1, 0.15) is 16.1 Å². The summed E-state index contributed by atoms with van der Waals surface area (Å²) in [6.45, 7) is 3.84. The van der Waals surface area contributed by atoms with Gasteiger partial charge in [0.2, 0.25) is 6.79 Å². The normalized spacial score (nSPS) is 15.3. The minimum atomic E-state index is -0.227. The van der Waals surface area contributed by atoms with E-state index in [2.05, 4.69) is 20.1 Å². The maximum absolute atomic E-state index is 13.1. The molecule has 5 rings (SSSR count). The van der Waals surface area contributed by atoms with Crippen LogP contribution < -0.4 is 24.6 Å². The van der Waals surface area contributed by atoms with Gasteiger partial charge in [0.05, 0.1) is 0 Å². The van der Waals surface area contributed by atoms with E-state index in [9.17, 15) is 9.18 Å². The number of ether oxygens (including phenoxy) is 2. The molecule has 1 aromatic heterocycles. The van der Waals surface area contributed by atoms with Crippen LogP contribution in [0.4, 0.5) is 15.2 Å². The third kappa shape index (κ3) is 4.27. The van der Waals surface area contributed by atoms with Crippen LogP contribution in [0.15, 0.2) is 47.8 Å². The van der Waals surface area contributed by atoms with Crippen molar-refractivity contribution >= 4 is 28.1 Å². The molecule has 1 saturated heterocycles. The molecule has 0 saturated carbocycles. The number of hydrogen-bond acceptors (Lipinski definition) is 7. The smallest absolute Gasteiger partial charge is 0.271 e. The molecule has 0 spiro atoms. The van der Waals surface area contributed by atoms with E-state index >= 15 is 0 Å². The maximum Gasteiger partial charge on any atom is 0.271 e. The number of fused-ring (bicyclic) bond motifs is 1. The van der Waals surface area contributed by atoms with Crippen molar-refractivity contribution in [1.29, 1.82) is 0 Å². The Morgan fingerprint density at radius 3 is 2.58 bits per heavy atom. The highest BCUT2D eigenvalue weighted by Crippen LogP contribution is 2.32. The lowest BCUT2D eigenvalue weighted by Crippen LogP contribution is -2.46. The third-order valence-corrected chi connectivity index (χ3v) is 6.26. The second-order valence-electron chi connectivity index (χ2n) is 7.34. The molecule has 0 unspecified atom stereocenters. The molecule has 160 valence electrons. The molecule has 0 aliphatic carbocycles. The number of carbonyl (C=O) groups excluding carboxylic acids is 1. The van der Waals surface area contributed by atoms with Gasteiger partial charge in [-0.1, -0.05) is 6.07 Å². The SMILES string of the molecule is O=C(NCc1ccc2c(c1)OCO2)c1csc(N2CCN(c3ccc(F)cc3)CC2)n1. The third-order valence-electron chi connectivity index (χ3n) is 5.36. The Morgan fingerprint density at radius 1 is 1.03 bits per heavy atom. The van der Waals surface area contributed by atoms with E-state index in [4.69, 9.17) is 9.47 Å². The van der Waals surface area contributed by atoms with Crippen LogP contribution in [0.25, 0.3) is 0 Å². The highest BCUT2D eigenvalue weighted by atomic mass is 32.1. The van der Waals surface area contributed by atoms with Crippen LogP contribution in [0.2, 0.25) is 0 Å². The first-order valence-corrected chi connectivity index (χ1v) is 10.9. The first-order chi connectivity index (χ1) is 15.2. The molecule has 31 heavy (non-hydrogen) atoms. The predicted octanol–water partition coefficient (Wildman–Crippen LogP) is 3.27. The van der Waals surface area contributed by atoms with E-state index < -0.39 is 0 Å². The van der Waals surface area contributed by atoms with E-state index in [0.717, 1.165) is 48.3 Å². The number of hydrogen-bond donors (Lipinski definition) is 1. The molecule has 0 radical (unpaired) electrons. The van der Waals surface area contributed by atoms with Gasteiger partial charge in [-0.05, 0) is 42.0 Å². The maximum atomic E-state index is 13.1. The molecular weight excluding hydrogens is 419 g/mol. The van der Waals surface area contributed by atoms with E-state index in [-0.39, 0.29) is 18.5 Å². The van der Waals surface area contributed by atoms with Crippen molar-refractivity contribution in [3.8, 4) is 11.5 Å². The van der Waals surface area contributed by atoms with E-state index in [0.29, 0.717) is 18.0 Å². The number of nitrogens with zero attached hydrogens (tertiary/aromatic N) is 3. The van der Waals surface area contributed by atoms with Crippen molar-refractivity contribution in [3.05, 3.63) is 64.9 Å². The molecule has 3 aromatic rings. The van der Waals surface area contributed by atoms with Gasteiger partial charge in [-0.15, -0.1) is 11.3 Å². The van der Waals surface area contributed by atoms with Crippen LogP contribution in [0.5, 0.6) is 11.5 Å². The van der Waals surface area contributed by atoms with Gasteiger partial charge in [0, 0.05) is 43.8 Å². The summed E-state index contributed by atoms with van der Waals surface area (Å²) in [4.78, 5) is 21.5. The lowest BCUT2D eigenvalue weighted by molar-refractivity contribution is 0.0946. The van der Waals surface area contributed by atoms with Crippen molar-refractivity contribution in [2.45, 2.75) is 6.54 Å². The Labute approximate surface area is 183 Å². The summed E-state index contributed by atoms with van der Waals surface area (Å²) in [6.07, 6.45) is 0. The van der Waals surface area contributed by atoms with Crippen LogP contribution >= 0.6 is 11.3 Å².